The Balaban J connectivity index is 1.43. The van der Waals surface area contributed by atoms with Crippen molar-refractivity contribution in [3.63, 3.8) is 0 Å². The van der Waals surface area contributed by atoms with E-state index < -0.39 is 5.56 Å². The van der Waals surface area contributed by atoms with Crippen molar-refractivity contribution in [2.75, 3.05) is 12.4 Å². The molecule has 2 heterocycles. The molecule has 3 saturated carbocycles. The van der Waals surface area contributed by atoms with Crippen LogP contribution in [0.4, 0.5) is 5.69 Å². The molecular weight excluding hydrogens is 394 g/mol. The van der Waals surface area contributed by atoms with E-state index in [9.17, 15) is 9.59 Å². The van der Waals surface area contributed by atoms with Gasteiger partial charge in [0.25, 0.3) is 0 Å². The number of carbonyl (C=O) groups is 1. The molecule has 0 unspecified atom stereocenters. The number of anilines is 1. The van der Waals surface area contributed by atoms with E-state index in [0.29, 0.717) is 35.4 Å². The molecule has 0 aliphatic heterocycles. The molecule has 3 fully saturated rings. The molecule has 8 heteroatoms. The average Bonchev–Trinajstić information content (AvgIpc) is 2.76. The molecule has 2 aromatic heterocycles. The van der Waals surface area contributed by atoms with Gasteiger partial charge in [0.1, 0.15) is 12.2 Å². The molecule has 3 aliphatic rings. The number of ether oxygens (including phenoxy) is 1. The van der Waals surface area contributed by atoms with E-state index in [4.69, 9.17) is 4.74 Å². The van der Waals surface area contributed by atoms with E-state index in [-0.39, 0.29) is 24.2 Å². The molecule has 0 spiro atoms. The first kappa shape index (κ1) is 21.3. The van der Waals surface area contributed by atoms with Gasteiger partial charge in [-0.25, -0.2) is 4.68 Å². The fraction of sp³-hybridized carbons (Fsp3) is 0.565. The first-order chi connectivity index (χ1) is 14.8. The summed E-state index contributed by atoms with van der Waals surface area (Å²) < 4.78 is 6.54. The van der Waals surface area contributed by atoms with Gasteiger partial charge in [-0.3, -0.25) is 14.6 Å². The van der Waals surface area contributed by atoms with Crippen LogP contribution in [0.2, 0.25) is 0 Å². The van der Waals surface area contributed by atoms with Crippen molar-refractivity contribution >= 4 is 11.6 Å². The molecule has 0 aromatic carbocycles. The number of amides is 1. The number of rotatable bonds is 7. The summed E-state index contributed by atoms with van der Waals surface area (Å²) in [4.78, 5) is 29.1. The van der Waals surface area contributed by atoms with Crippen LogP contribution < -0.4 is 20.9 Å². The molecule has 166 valence electrons. The molecule has 2 N–H and O–H groups in total. The number of nitrogens with zero attached hydrogens (tertiary/aromatic N) is 3. The zero-order valence-electron chi connectivity index (χ0n) is 18.6. The lowest BCUT2D eigenvalue weighted by atomic mass is 9.45. The summed E-state index contributed by atoms with van der Waals surface area (Å²) in [6.45, 7) is 7.21. The summed E-state index contributed by atoms with van der Waals surface area (Å²) in [5.41, 5.74) is 1.51. The third-order valence-electron chi connectivity index (χ3n) is 7.43. The van der Waals surface area contributed by atoms with Gasteiger partial charge >= 0.3 is 5.56 Å². The third-order valence-corrected chi connectivity index (χ3v) is 7.43. The molecule has 1 amide bonds. The number of hydrogen-bond donors (Lipinski definition) is 2. The zero-order valence-corrected chi connectivity index (χ0v) is 18.6. The summed E-state index contributed by atoms with van der Waals surface area (Å²) in [6.07, 6.45) is 7.30. The van der Waals surface area contributed by atoms with Crippen LogP contribution in [0.1, 0.15) is 39.2 Å². The fourth-order valence-corrected chi connectivity index (χ4v) is 5.32. The van der Waals surface area contributed by atoms with Crippen LogP contribution in [0.25, 0.3) is 0 Å². The van der Waals surface area contributed by atoms with E-state index in [0.717, 1.165) is 16.7 Å². The number of aromatic nitrogens is 3. The minimum absolute atomic E-state index is 0.168. The van der Waals surface area contributed by atoms with Crippen molar-refractivity contribution in [3.8, 4) is 5.75 Å². The van der Waals surface area contributed by atoms with Gasteiger partial charge in [0, 0.05) is 25.0 Å². The van der Waals surface area contributed by atoms with Gasteiger partial charge in [-0.2, -0.15) is 5.10 Å². The normalized spacial score (nSPS) is 25.9. The van der Waals surface area contributed by atoms with Crippen LogP contribution in [0.5, 0.6) is 5.75 Å². The van der Waals surface area contributed by atoms with Gasteiger partial charge in [-0.1, -0.05) is 20.8 Å². The Morgan fingerprint density at radius 3 is 2.68 bits per heavy atom. The van der Waals surface area contributed by atoms with Gasteiger partial charge < -0.3 is 15.4 Å². The maximum Gasteiger partial charge on any atom is 0.311 e. The summed E-state index contributed by atoms with van der Waals surface area (Å²) in [5, 5.41) is 10.5. The van der Waals surface area contributed by atoms with E-state index in [1.807, 2.05) is 12.1 Å². The van der Waals surface area contributed by atoms with Gasteiger partial charge in [0.05, 0.1) is 13.3 Å². The Hall–Kier alpha value is -2.90. The zero-order chi connectivity index (χ0) is 22.2. The number of pyridine rings is 1. The molecule has 8 nitrogen and oxygen atoms in total. The highest BCUT2D eigenvalue weighted by atomic mass is 16.5. The van der Waals surface area contributed by atoms with Crippen LogP contribution >= 0.6 is 0 Å². The minimum Gasteiger partial charge on any atom is -0.490 e. The Bertz CT molecular complexity index is 1000. The average molecular weight is 426 g/mol. The molecule has 31 heavy (non-hydrogen) atoms. The van der Waals surface area contributed by atoms with Crippen molar-refractivity contribution in [1.29, 1.82) is 0 Å². The first-order valence-electron chi connectivity index (χ1n) is 10.9. The van der Waals surface area contributed by atoms with Crippen LogP contribution in [-0.4, -0.2) is 33.8 Å². The monoisotopic (exact) mass is 425 g/mol. The Morgan fingerprint density at radius 2 is 2.03 bits per heavy atom. The standard InChI is InChI=1S/C23H31N5O3/c1-14-17-9-16(23(17,2)3)10-18(14)27-19-12-26-28(22(30)21(19)31-4)13-20(29)25-11-15-5-7-24-8-6-15/h5-8,12,14,16-18,27H,9-11,13H2,1-4H3,(H,25,29)/t14-,16+,17-,18-/m1/s1. The van der Waals surface area contributed by atoms with Crippen LogP contribution in [0.15, 0.2) is 35.5 Å². The maximum atomic E-state index is 12.9. The highest BCUT2D eigenvalue weighted by molar-refractivity contribution is 5.75. The van der Waals surface area contributed by atoms with Crippen LogP contribution in [0, 0.1) is 23.2 Å². The molecule has 0 radical (unpaired) electrons. The molecule has 3 aliphatic carbocycles. The summed E-state index contributed by atoms with van der Waals surface area (Å²) in [7, 11) is 1.47. The second-order valence-electron chi connectivity index (χ2n) is 9.39. The van der Waals surface area contributed by atoms with Gasteiger partial charge in [-0.15, -0.1) is 0 Å². The molecule has 0 saturated heterocycles. The highest BCUT2D eigenvalue weighted by Crippen LogP contribution is 2.61. The van der Waals surface area contributed by atoms with Crippen LogP contribution in [0.3, 0.4) is 0 Å². The van der Waals surface area contributed by atoms with Gasteiger partial charge in [-0.05, 0) is 53.7 Å². The van der Waals surface area contributed by atoms with Crippen molar-refractivity contribution in [3.05, 3.63) is 46.6 Å². The highest BCUT2D eigenvalue weighted by Gasteiger charge is 2.56. The number of nitrogens with one attached hydrogen (secondary N) is 2. The van der Waals surface area contributed by atoms with Crippen molar-refractivity contribution in [2.45, 2.75) is 52.7 Å². The number of methoxy groups -OCH3 is 1. The first-order valence-corrected chi connectivity index (χ1v) is 10.9. The summed E-state index contributed by atoms with van der Waals surface area (Å²) in [6, 6.07) is 3.93. The number of carbonyl (C=O) groups excluding carboxylic acids is 1. The molecule has 2 bridgehead atoms. The lowest BCUT2D eigenvalue weighted by molar-refractivity contribution is -0.122. The smallest absolute Gasteiger partial charge is 0.311 e. The van der Waals surface area contributed by atoms with Crippen LogP contribution in [-0.2, 0) is 17.9 Å². The molecule has 2 aromatic rings. The minimum atomic E-state index is -0.416. The quantitative estimate of drug-likeness (QED) is 0.707. The predicted octanol–water partition coefficient (Wildman–Crippen LogP) is 2.45. The second kappa shape index (κ2) is 8.32. The fourth-order valence-electron chi connectivity index (χ4n) is 5.32. The molecular formula is C23H31N5O3. The molecule has 4 atom stereocenters. The second-order valence-corrected chi connectivity index (χ2v) is 9.39. The molecule has 5 rings (SSSR count). The Labute approximate surface area is 182 Å². The number of fused-ring (bicyclic) bond motifs is 2. The SMILES string of the molecule is COc1c(N[C@@H]2C[C@@H]3C[C@H]([C@H]2C)C3(C)C)cnn(CC(=O)NCc2ccncc2)c1=O. The van der Waals surface area contributed by atoms with E-state index >= 15 is 0 Å². The third kappa shape index (κ3) is 4.03. The maximum absolute atomic E-state index is 12.9. The van der Waals surface area contributed by atoms with Crippen molar-refractivity contribution < 1.29 is 9.53 Å². The van der Waals surface area contributed by atoms with E-state index in [2.05, 4.69) is 41.5 Å². The lowest BCUT2D eigenvalue weighted by Crippen LogP contribution is -2.58. The van der Waals surface area contributed by atoms with E-state index in [1.165, 1.54) is 13.5 Å². The topological polar surface area (TPSA) is 98.1 Å². The Morgan fingerprint density at radius 1 is 1.29 bits per heavy atom. The summed E-state index contributed by atoms with van der Waals surface area (Å²) in [5.74, 6) is 1.80. The lowest BCUT2D eigenvalue weighted by Gasteiger charge is -2.62. The van der Waals surface area contributed by atoms with Crippen molar-refractivity contribution in [2.24, 2.45) is 23.2 Å². The largest absolute Gasteiger partial charge is 0.490 e. The van der Waals surface area contributed by atoms with Gasteiger partial charge in [0.2, 0.25) is 11.7 Å². The van der Waals surface area contributed by atoms with E-state index in [1.54, 1.807) is 18.6 Å². The number of hydrogen-bond acceptors (Lipinski definition) is 6. The van der Waals surface area contributed by atoms with Gasteiger partial charge in [0.15, 0.2) is 0 Å². The summed E-state index contributed by atoms with van der Waals surface area (Å²) >= 11 is 0. The predicted molar refractivity (Wildman–Crippen MR) is 118 cm³/mol. The van der Waals surface area contributed by atoms with Crippen molar-refractivity contribution in [1.82, 2.24) is 20.1 Å². The Kier molecular flexibility index (Phi) is 5.73.